The first-order valence-corrected chi connectivity index (χ1v) is 7.10. The molecule has 1 aromatic heterocycles. The number of carbonyl (C=O) groups is 2. The van der Waals surface area contributed by atoms with E-state index in [1.807, 2.05) is 36.4 Å². The summed E-state index contributed by atoms with van der Waals surface area (Å²) in [5.74, 6) is -1.06. The molecule has 0 unspecified atom stereocenters. The first-order chi connectivity index (χ1) is 10.2. The van der Waals surface area contributed by atoms with Gasteiger partial charge in [0.05, 0.1) is 19.8 Å². The van der Waals surface area contributed by atoms with Gasteiger partial charge in [-0.2, -0.15) is 0 Å². The van der Waals surface area contributed by atoms with Crippen LogP contribution in [0.1, 0.15) is 20.0 Å². The van der Waals surface area contributed by atoms with Crippen LogP contribution in [-0.4, -0.2) is 26.2 Å². The van der Waals surface area contributed by atoms with Crippen LogP contribution in [0.4, 0.5) is 0 Å². The van der Waals surface area contributed by atoms with Crippen LogP contribution in [0.3, 0.4) is 0 Å². The molecule has 106 valence electrons. The van der Waals surface area contributed by atoms with Crippen molar-refractivity contribution in [2.75, 3.05) is 14.2 Å². The van der Waals surface area contributed by atoms with Gasteiger partial charge in [0.1, 0.15) is 4.88 Å². The molecular weight excluding hydrogens is 288 g/mol. The molecule has 2 aromatic carbocycles. The van der Waals surface area contributed by atoms with E-state index >= 15 is 0 Å². The Morgan fingerprint density at radius 3 is 2.38 bits per heavy atom. The molecule has 0 saturated heterocycles. The summed E-state index contributed by atoms with van der Waals surface area (Å²) in [4.78, 5) is 24.4. The fraction of sp³-hybridized carbons (Fsp3) is 0.125. The SMILES string of the molecule is COC(=O)c1sc2ccc3ccccc3c2c1C(=O)OC. The van der Waals surface area contributed by atoms with Crippen LogP contribution in [0.5, 0.6) is 0 Å². The maximum absolute atomic E-state index is 12.2. The predicted molar refractivity (Wildman–Crippen MR) is 82.0 cm³/mol. The van der Waals surface area contributed by atoms with Crippen LogP contribution in [0, 0.1) is 0 Å². The Balaban J connectivity index is 2.47. The molecule has 0 atom stereocenters. The maximum Gasteiger partial charge on any atom is 0.348 e. The predicted octanol–water partition coefficient (Wildman–Crippen LogP) is 3.63. The zero-order chi connectivity index (χ0) is 15.0. The van der Waals surface area contributed by atoms with Gasteiger partial charge in [0.2, 0.25) is 0 Å². The van der Waals surface area contributed by atoms with Crippen molar-refractivity contribution in [2.45, 2.75) is 0 Å². The first kappa shape index (κ1) is 13.6. The van der Waals surface area contributed by atoms with Crippen LogP contribution < -0.4 is 0 Å². The molecule has 0 aliphatic heterocycles. The second kappa shape index (κ2) is 5.18. The van der Waals surface area contributed by atoms with Gasteiger partial charge >= 0.3 is 11.9 Å². The number of thiophene rings is 1. The third kappa shape index (κ3) is 2.06. The summed E-state index contributed by atoms with van der Waals surface area (Å²) < 4.78 is 10.5. The Morgan fingerprint density at radius 1 is 0.952 bits per heavy atom. The highest BCUT2D eigenvalue weighted by atomic mass is 32.1. The number of hydrogen-bond acceptors (Lipinski definition) is 5. The number of carbonyl (C=O) groups excluding carboxylic acids is 2. The summed E-state index contributed by atoms with van der Waals surface area (Å²) in [7, 11) is 2.60. The molecule has 0 N–H and O–H groups in total. The first-order valence-electron chi connectivity index (χ1n) is 6.28. The van der Waals surface area contributed by atoms with Crippen molar-refractivity contribution >= 4 is 44.1 Å². The quantitative estimate of drug-likeness (QED) is 0.678. The maximum atomic E-state index is 12.2. The molecule has 3 rings (SSSR count). The molecule has 0 aliphatic carbocycles. The highest BCUT2D eigenvalue weighted by Crippen LogP contribution is 2.37. The van der Waals surface area contributed by atoms with Gasteiger partial charge in [0.15, 0.2) is 0 Å². The van der Waals surface area contributed by atoms with E-state index in [0.717, 1.165) is 20.9 Å². The van der Waals surface area contributed by atoms with Crippen LogP contribution >= 0.6 is 11.3 Å². The lowest BCUT2D eigenvalue weighted by atomic mass is 10.0. The van der Waals surface area contributed by atoms with Crippen LogP contribution in [-0.2, 0) is 9.47 Å². The number of benzene rings is 2. The van der Waals surface area contributed by atoms with Crippen LogP contribution in [0.25, 0.3) is 20.9 Å². The fourth-order valence-electron chi connectivity index (χ4n) is 2.40. The molecule has 0 radical (unpaired) electrons. The third-order valence-corrected chi connectivity index (χ3v) is 4.48. The van der Waals surface area contributed by atoms with E-state index in [0.29, 0.717) is 0 Å². The average Bonchev–Trinajstić information content (AvgIpc) is 2.93. The van der Waals surface area contributed by atoms with Crippen molar-refractivity contribution in [1.82, 2.24) is 0 Å². The molecule has 0 bridgehead atoms. The molecule has 0 aliphatic rings. The van der Waals surface area contributed by atoms with Gasteiger partial charge in [-0.25, -0.2) is 9.59 Å². The van der Waals surface area contributed by atoms with Gasteiger partial charge in [-0.05, 0) is 16.8 Å². The summed E-state index contributed by atoms with van der Waals surface area (Å²) in [6.07, 6.45) is 0. The minimum absolute atomic E-state index is 0.274. The molecule has 21 heavy (non-hydrogen) atoms. The lowest BCUT2D eigenvalue weighted by molar-refractivity contribution is 0.0562. The molecular formula is C16H12O4S. The Morgan fingerprint density at radius 2 is 1.67 bits per heavy atom. The van der Waals surface area contributed by atoms with E-state index in [-0.39, 0.29) is 10.4 Å². The zero-order valence-corrected chi connectivity index (χ0v) is 12.3. The highest BCUT2D eigenvalue weighted by molar-refractivity contribution is 7.21. The normalized spacial score (nSPS) is 10.8. The Kier molecular flexibility index (Phi) is 3.35. The van der Waals surface area contributed by atoms with E-state index in [1.165, 1.54) is 25.6 Å². The minimum Gasteiger partial charge on any atom is -0.465 e. The minimum atomic E-state index is -0.530. The van der Waals surface area contributed by atoms with Crippen molar-refractivity contribution in [3.63, 3.8) is 0 Å². The summed E-state index contributed by atoms with van der Waals surface area (Å²) in [6.45, 7) is 0. The molecule has 0 fully saturated rings. The lowest BCUT2D eigenvalue weighted by Crippen LogP contribution is -2.08. The molecule has 1 heterocycles. The van der Waals surface area contributed by atoms with Crippen molar-refractivity contribution in [2.24, 2.45) is 0 Å². The highest BCUT2D eigenvalue weighted by Gasteiger charge is 2.26. The van der Waals surface area contributed by atoms with Gasteiger partial charge in [0.25, 0.3) is 0 Å². The summed E-state index contributed by atoms with van der Waals surface area (Å²) >= 11 is 1.24. The lowest BCUT2D eigenvalue weighted by Gasteiger charge is -2.04. The van der Waals surface area contributed by atoms with Crippen LogP contribution in [0.15, 0.2) is 36.4 Å². The number of hydrogen-bond donors (Lipinski definition) is 0. The van der Waals surface area contributed by atoms with Crippen molar-refractivity contribution in [3.8, 4) is 0 Å². The monoisotopic (exact) mass is 300 g/mol. The average molecular weight is 300 g/mol. The van der Waals surface area contributed by atoms with Gasteiger partial charge in [-0.1, -0.05) is 30.3 Å². The second-order valence-corrected chi connectivity index (χ2v) is 5.50. The number of rotatable bonds is 2. The topological polar surface area (TPSA) is 52.6 Å². The molecule has 4 nitrogen and oxygen atoms in total. The smallest absolute Gasteiger partial charge is 0.348 e. The summed E-state index contributed by atoms with van der Waals surface area (Å²) in [6, 6.07) is 11.6. The van der Waals surface area contributed by atoms with Crippen molar-refractivity contribution in [1.29, 1.82) is 0 Å². The Bertz CT molecular complexity index is 863. The number of esters is 2. The number of methoxy groups -OCH3 is 2. The molecule has 0 amide bonds. The van der Waals surface area contributed by atoms with E-state index in [1.54, 1.807) is 0 Å². The van der Waals surface area contributed by atoms with Gasteiger partial charge in [-0.15, -0.1) is 11.3 Å². The van der Waals surface area contributed by atoms with E-state index in [9.17, 15) is 9.59 Å². The van der Waals surface area contributed by atoms with Gasteiger partial charge in [-0.3, -0.25) is 0 Å². The second-order valence-electron chi connectivity index (χ2n) is 4.45. The largest absolute Gasteiger partial charge is 0.465 e. The van der Waals surface area contributed by atoms with Gasteiger partial charge in [0, 0.05) is 10.1 Å². The fourth-order valence-corrected chi connectivity index (χ4v) is 3.53. The Labute approximate surface area is 124 Å². The number of ether oxygens (including phenoxy) is 2. The number of fused-ring (bicyclic) bond motifs is 3. The van der Waals surface area contributed by atoms with Gasteiger partial charge < -0.3 is 9.47 Å². The zero-order valence-electron chi connectivity index (χ0n) is 11.5. The van der Waals surface area contributed by atoms with Crippen molar-refractivity contribution in [3.05, 3.63) is 46.8 Å². The Hall–Kier alpha value is -2.40. The molecule has 3 aromatic rings. The molecule has 0 saturated carbocycles. The van der Waals surface area contributed by atoms with E-state index < -0.39 is 11.9 Å². The third-order valence-electron chi connectivity index (χ3n) is 3.34. The van der Waals surface area contributed by atoms with Crippen LogP contribution in [0.2, 0.25) is 0 Å². The van der Waals surface area contributed by atoms with E-state index in [4.69, 9.17) is 9.47 Å². The molecule has 0 spiro atoms. The molecule has 5 heteroatoms. The van der Waals surface area contributed by atoms with Crippen molar-refractivity contribution < 1.29 is 19.1 Å². The standard InChI is InChI=1S/C16H12O4S/c1-19-15(17)13-12-10-6-4-3-5-9(10)7-8-11(12)21-14(13)16(18)20-2/h3-8H,1-2H3. The summed E-state index contributed by atoms with van der Waals surface area (Å²) in [5.41, 5.74) is 0.279. The van der Waals surface area contributed by atoms with E-state index in [2.05, 4.69) is 0 Å². The summed E-state index contributed by atoms with van der Waals surface area (Å²) in [5, 5.41) is 2.66.